The van der Waals surface area contributed by atoms with Crippen molar-refractivity contribution in [3.05, 3.63) is 65.2 Å². The Labute approximate surface area is 160 Å². The zero-order valence-electron chi connectivity index (χ0n) is 14.9. The van der Waals surface area contributed by atoms with Gasteiger partial charge >= 0.3 is 5.97 Å². The summed E-state index contributed by atoms with van der Waals surface area (Å²) >= 11 is 1.37. The molecule has 1 amide bonds. The zero-order chi connectivity index (χ0) is 19.2. The Kier molecular flexibility index (Phi) is 5.83. The van der Waals surface area contributed by atoms with Gasteiger partial charge in [0.1, 0.15) is 16.5 Å². The molecule has 0 unspecified atom stereocenters. The SMILES string of the molecule is CCOc1ccc(-c2nc(C(=O)Nc3ccccc3C(=O)OC)cs2)cc1. The summed E-state index contributed by atoms with van der Waals surface area (Å²) in [5, 5.41) is 5.13. The summed E-state index contributed by atoms with van der Waals surface area (Å²) in [7, 11) is 1.30. The number of para-hydroxylation sites is 1. The van der Waals surface area contributed by atoms with Gasteiger partial charge in [-0.3, -0.25) is 4.79 Å². The minimum atomic E-state index is -0.515. The van der Waals surface area contributed by atoms with Crippen molar-refractivity contribution in [2.75, 3.05) is 19.0 Å². The lowest BCUT2D eigenvalue weighted by Gasteiger charge is -2.08. The highest BCUT2D eigenvalue weighted by Crippen LogP contribution is 2.26. The van der Waals surface area contributed by atoms with E-state index in [0.717, 1.165) is 16.3 Å². The van der Waals surface area contributed by atoms with Gasteiger partial charge in [-0.25, -0.2) is 9.78 Å². The molecule has 1 aromatic heterocycles. The number of nitrogens with zero attached hydrogens (tertiary/aromatic N) is 1. The molecule has 0 spiro atoms. The number of amides is 1. The first-order chi connectivity index (χ1) is 13.1. The fourth-order valence-electron chi connectivity index (χ4n) is 2.44. The van der Waals surface area contributed by atoms with Gasteiger partial charge in [-0.05, 0) is 43.3 Å². The van der Waals surface area contributed by atoms with Crippen LogP contribution in [0.1, 0.15) is 27.8 Å². The molecule has 0 saturated heterocycles. The lowest BCUT2D eigenvalue weighted by molar-refractivity contribution is 0.0602. The molecule has 27 heavy (non-hydrogen) atoms. The fraction of sp³-hybridized carbons (Fsp3) is 0.150. The molecule has 0 bridgehead atoms. The number of esters is 1. The second-order valence-electron chi connectivity index (χ2n) is 5.49. The predicted octanol–water partition coefficient (Wildman–Crippen LogP) is 4.25. The molecule has 0 saturated carbocycles. The van der Waals surface area contributed by atoms with Crippen LogP contribution in [-0.2, 0) is 4.74 Å². The lowest BCUT2D eigenvalue weighted by Crippen LogP contribution is -2.15. The summed E-state index contributed by atoms with van der Waals surface area (Å²) in [4.78, 5) is 28.7. The van der Waals surface area contributed by atoms with Crippen LogP contribution in [0.25, 0.3) is 10.6 Å². The van der Waals surface area contributed by atoms with E-state index in [1.54, 1.807) is 29.6 Å². The third-order valence-electron chi connectivity index (χ3n) is 3.73. The van der Waals surface area contributed by atoms with Crippen LogP contribution < -0.4 is 10.1 Å². The minimum absolute atomic E-state index is 0.281. The van der Waals surface area contributed by atoms with Crippen LogP contribution in [0.4, 0.5) is 5.69 Å². The number of methoxy groups -OCH3 is 1. The highest BCUT2D eigenvalue weighted by atomic mass is 32.1. The summed E-state index contributed by atoms with van der Waals surface area (Å²) in [6, 6.07) is 14.2. The van der Waals surface area contributed by atoms with Crippen molar-refractivity contribution in [1.29, 1.82) is 0 Å². The van der Waals surface area contributed by atoms with Gasteiger partial charge in [0.05, 0.1) is 25.0 Å². The van der Waals surface area contributed by atoms with Gasteiger partial charge in [0.15, 0.2) is 0 Å². The topological polar surface area (TPSA) is 77.5 Å². The minimum Gasteiger partial charge on any atom is -0.494 e. The second kappa shape index (κ2) is 8.46. The molecule has 3 rings (SSSR count). The number of hydrogen-bond donors (Lipinski definition) is 1. The Balaban J connectivity index is 1.77. The molecule has 0 aliphatic carbocycles. The second-order valence-corrected chi connectivity index (χ2v) is 6.34. The monoisotopic (exact) mass is 382 g/mol. The number of rotatable bonds is 6. The van der Waals surface area contributed by atoms with Crippen LogP contribution in [0.2, 0.25) is 0 Å². The van der Waals surface area contributed by atoms with E-state index in [-0.39, 0.29) is 17.2 Å². The highest BCUT2D eigenvalue weighted by Gasteiger charge is 2.16. The Morgan fingerprint density at radius 2 is 1.85 bits per heavy atom. The number of ether oxygens (including phenoxy) is 2. The smallest absolute Gasteiger partial charge is 0.339 e. The van der Waals surface area contributed by atoms with Gasteiger partial charge in [-0.1, -0.05) is 12.1 Å². The van der Waals surface area contributed by atoms with Crippen LogP contribution in [0, 0.1) is 0 Å². The Morgan fingerprint density at radius 1 is 1.11 bits per heavy atom. The van der Waals surface area contributed by atoms with E-state index < -0.39 is 5.97 Å². The van der Waals surface area contributed by atoms with E-state index in [1.165, 1.54) is 18.4 Å². The molecular formula is C20H18N2O4S. The first-order valence-electron chi connectivity index (χ1n) is 8.29. The molecule has 0 fully saturated rings. The average molecular weight is 382 g/mol. The van der Waals surface area contributed by atoms with Gasteiger partial charge in [0.2, 0.25) is 0 Å². The normalized spacial score (nSPS) is 10.3. The van der Waals surface area contributed by atoms with Crippen LogP contribution >= 0.6 is 11.3 Å². The first-order valence-corrected chi connectivity index (χ1v) is 9.17. The molecule has 138 valence electrons. The largest absolute Gasteiger partial charge is 0.494 e. The van der Waals surface area contributed by atoms with Crippen LogP contribution in [0.3, 0.4) is 0 Å². The maximum absolute atomic E-state index is 12.5. The molecule has 0 aliphatic rings. The van der Waals surface area contributed by atoms with Crippen molar-refractivity contribution in [3.63, 3.8) is 0 Å². The molecule has 3 aromatic rings. The number of nitrogens with one attached hydrogen (secondary N) is 1. The number of carbonyl (C=O) groups excluding carboxylic acids is 2. The van der Waals surface area contributed by atoms with Crippen molar-refractivity contribution in [3.8, 4) is 16.3 Å². The van der Waals surface area contributed by atoms with Crippen molar-refractivity contribution in [1.82, 2.24) is 4.98 Å². The number of thiazole rings is 1. The molecule has 1 heterocycles. The Morgan fingerprint density at radius 3 is 2.56 bits per heavy atom. The van der Waals surface area contributed by atoms with Gasteiger partial charge in [-0.15, -0.1) is 11.3 Å². The van der Waals surface area contributed by atoms with Gasteiger partial charge < -0.3 is 14.8 Å². The van der Waals surface area contributed by atoms with Gasteiger partial charge in [0.25, 0.3) is 5.91 Å². The average Bonchev–Trinajstić information content (AvgIpc) is 3.19. The Bertz CT molecular complexity index is 951. The summed E-state index contributed by atoms with van der Waals surface area (Å²) in [5.41, 5.74) is 1.85. The van der Waals surface area contributed by atoms with E-state index in [9.17, 15) is 9.59 Å². The molecule has 0 radical (unpaired) electrons. The molecule has 6 nitrogen and oxygen atoms in total. The fourth-order valence-corrected chi connectivity index (χ4v) is 3.24. The summed E-state index contributed by atoms with van der Waals surface area (Å²) in [5.74, 6) is -0.116. The third-order valence-corrected chi connectivity index (χ3v) is 4.62. The number of benzene rings is 2. The van der Waals surface area contributed by atoms with E-state index >= 15 is 0 Å². The quantitative estimate of drug-likeness (QED) is 0.645. The number of aromatic nitrogens is 1. The predicted molar refractivity (Wildman–Crippen MR) is 104 cm³/mol. The van der Waals surface area contributed by atoms with Crippen molar-refractivity contribution >= 4 is 28.9 Å². The standard InChI is InChI=1S/C20H18N2O4S/c1-3-26-14-10-8-13(9-11-14)19-22-17(12-27-19)18(23)21-16-7-5-4-6-15(16)20(24)25-2/h4-12H,3H2,1-2H3,(H,21,23). The first kappa shape index (κ1) is 18.6. The number of hydrogen-bond acceptors (Lipinski definition) is 6. The number of carbonyl (C=O) groups is 2. The summed E-state index contributed by atoms with van der Waals surface area (Å²) in [6.07, 6.45) is 0. The van der Waals surface area contributed by atoms with E-state index in [4.69, 9.17) is 9.47 Å². The van der Waals surface area contributed by atoms with Crippen molar-refractivity contribution < 1.29 is 19.1 Å². The van der Waals surface area contributed by atoms with Gasteiger partial charge in [0, 0.05) is 10.9 Å². The third kappa shape index (κ3) is 4.32. The number of anilines is 1. The van der Waals surface area contributed by atoms with E-state index in [2.05, 4.69) is 10.3 Å². The lowest BCUT2D eigenvalue weighted by atomic mass is 10.1. The van der Waals surface area contributed by atoms with E-state index in [1.807, 2.05) is 31.2 Å². The van der Waals surface area contributed by atoms with Crippen molar-refractivity contribution in [2.45, 2.75) is 6.92 Å². The summed E-state index contributed by atoms with van der Waals surface area (Å²) < 4.78 is 10.2. The summed E-state index contributed by atoms with van der Waals surface area (Å²) in [6.45, 7) is 2.53. The molecule has 2 aromatic carbocycles. The molecular weight excluding hydrogens is 364 g/mol. The van der Waals surface area contributed by atoms with E-state index in [0.29, 0.717) is 12.3 Å². The maximum atomic E-state index is 12.5. The molecule has 0 aliphatic heterocycles. The maximum Gasteiger partial charge on any atom is 0.339 e. The molecule has 7 heteroatoms. The zero-order valence-corrected chi connectivity index (χ0v) is 15.7. The Hall–Kier alpha value is -3.19. The van der Waals surface area contributed by atoms with Gasteiger partial charge in [-0.2, -0.15) is 0 Å². The van der Waals surface area contributed by atoms with Crippen LogP contribution in [0.5, 0.6) is 5.75 Å². The van der Waals surface area contributed by atoms with Crippen molar-refractivity contribution in [2.24, 2.45) is 0 Å². The molecule has 1 N–H and O–H groups in total. The highest BCUT2D eigenvalue weighted by molar-refractivity contribution is 7.13. The van der Waals surface area contributed by atoms with Crippen LogP contribution in [0.15, 0.2) is 53.9 Å². The molecule has 0 atom stereocenters. The van der Waals surface area contributed by atoms with Crippen LogP contribution in [-0.4, -0.2) is 30.6 Å².